The van der Waals surface area contributed by atoms with E-state index >= 15 is 0 Å². The van der Waals surface area contributed by atoms with Crippen molar-refractivity contribution >= 4 is 35.1 Å². The third kappa shape index (κ3) is 8.59. The zero-order valence-corrected chi connectivity index (χ0v) is 25.4. The Kier molecular flexibility index (Phi) is 11.8. The van der Waals surface area contributed by atoms with E-state index in [0.29, 0.717) is 40.8 Å². The van der Waals surface area contributed by atoms with E-state index in [1.54, 1.807) is 22.9 Å². The van der Waals surface area contributed by atoms with Gasteiger partial charge in [-0.15, -0.1) is 0 Å². The average Bonchev–Trinajstić information content (AvgIpc) is 3.32. The van der Waals surface area contributed by atoms with Gasteiger partial charge in [0.2, 0.25) is 0 Å². The predicted octanol–water partition coefficient (Wildman–Crippen LogP) is 6.09. The minimum atomic E-state index is -0.252. The highest BCUT2D eigenvalue weighted by Gasteiger charge is 2.25. The van der Waals surface area contributed by atoms with Gasteiger partial charge in [0.15, 0.2) is 5.69 Å². The number of aromatic nitrogens is 2. The zero-order valence-electron chi connectivity index (χ0n) is 23.9. The summed E-state index contributed by atoms with van der Waals surface area (Å²) in [5, 5.41) is 7.61. The topological polar surface area (TPSA) is 102 Å². The van der Waals surface area contributed by atoms with E-state index in [1.165, 1.54) is 6.42 Å². The number of nitrogens with one attached hydrogen (secondary N) is 1. The summed E-state index contributed by atoms with van der Waals surface area (Å²) in [4.78, 5) is 25.1. The lowest BCUT2D eigenvalue weighted by atomic mass is 10.0. The third-order valence-electron chi connectivity index (χ3n) is 7.06. The van der Waals surface area contributed by atoms with Gasteiger partial charge in [0.1, 0.15) is 6.61 Å². The van der Waals surface area contributed by atoms with Crippen LogP contribution < -0.4 is 11.2 Å². The fourth-order valence-corrected chi connectivity index (χ4v) is 5.32. The van der Waals surface area contributed by atoms with Gasteiger partial charge in [0.05, 0.1) is 16.4 Å². The summed E-state index contributed by atoms with van der Waals surface area (Å²) >= 11 is 12.7. The molecule has 1 aliphatic heterocycles. The van der Waals surface area contributed by atoms with Gasteiger partial charge in [-0.2, -0.15) is 5.10 Å². The lowest BCUT2D eigenvalue weighted by Crippen LogP contribution is -2.45. The number of halogens is 2. The molecular formula is C32H37Cl2N5O3. The molecule has 42 heavy (non-hydrogen) atoms. The quantitative estimate of drug-likeness (QED) is 0.155. The first kappa shape index (κ1) is 31.6. The van der Waals surface area contributed by atoms with Crippen LogP contribution in [0.25, 0.3) is 16.9 Å². The second-order valence-corrected chi connectivity index (χ2v) is 11.1. The molecule has 3 N–H and O–H groups in total. The Hall–Kier alpha value is -3.35. The van der Waals surface area contributed by atoms with Crippen molar-refractivity contribution in [3.05, 3.63) is 69.3 Å². The maximum Gasteiger partial charge on any atom is 0.305 e. The highest BCUT2D eigenvalue weighted by Crippen LogP contribution is 2.33. The Morgan fingerprint density at radius 3 is 2.52 bits per heavy atom. The number of piperidine rings is 1. The first-order valence-electron chi connectivity index (χ1n) is 14.4. The standard InChI is InChI=1S/C32H37Cl2N5O3/c1-23-30(32(41)37-38-19-7-3-8-20-38)36-39(28-17-16-26(33)22-27(28)34)31(23)25-14-12-24(13-15-25)10-5-9-21-42-29(40)11-4-2-6-18-35/h12-17,22H,2-4,6-9,11,18-21,35H2,1H3,(H,37,41). The second-order valence-electron chi connectivity index (χ2n) is 10.3. The number of benzene rings is 2. The molecule has 2 heterocycles. The average molecular weight is 611 g/mol. The third-order valence-corrected chi connectivity index (χ3v) is 7.59. The van der Waals surface area contributed by atoms with Gasteiger partial charge in [0, 0.05) is 47.6 Å². The van der Waals surface area contributed by atoms with Gasteiger partial charge in [-0.3, -0.25) is 15.0 Å². The van der Waals surface area contributed by atoms with Crippen LogP contribution in [-0.2, 0) is 9.53 Å². The van der Waals surface area contributed by atoms with Gasteiger partial charge in [-0.05, 0) is 69.5 Å². The molecule has 0 atom stereocenters. The van der Waals surface area contributed by atoms with Crippen LogP contribution in [-0.4, -0.2) is 52.9 Å². The molecule has 0 spiro atoms. The SMILES string of the molecule is Cc1c(C(=O)NN2CCCCC2)nn(-c2ccc(Cl)cc2Cl)c1-c1ccc(C#CCCOC(=O)CCCCCN)cc1. The van der Waals surface area contributed by atoms with Crippen LogP contribution >= 0.6 is 23.2 Å². The van der Waals surface area contributed by atoms with Gasteiger partial charge >= 0.3 is 5.97 Å². The monoisotopic (exact) mass is 609 g/mol. The van der Waals surface area contributed by atoms with Crippen molar-refractivity contribution in [1.29, 1.82) is 0 Å². The summed E-state index contributed by atoms with van der Waals surface area (Å²) in [5.74, 6) is 5.73. The molecular weight excluding hydrogens is 573 g/mol. The molecule has 0 bridgehead atoms. The van der Waals surface area contributed by atoms with E-state index in [-0.39, 0.29) is 18.5 Å². The molecule has 2 aromatic carbocycles. The van der Waals surface area contributed by atoms with Crippen molar-refractivity contribution in [2.24, 2.45) is 5.73 Å². The maximum absolute atomic E-state index is 13.3. The van der Waals surface area contributed by atoms with Gasteiger partial charge < -0.3 is 10.5 Å². The van der Waals surface area contributed by atoms with Crippen molar-refractivity contribution in [3.8, 4) is 28.8 Å². The van der Waals surface area contributed by atoms with Gasteiger partial charge in [-0.25, -0.2) is 9.69 Å². The van der Waals surface area contributed by atoms with E-state index in [1.807, 2.05) is 36.2 Å². The summed E-state index contributed by atoms with van der Waals surface area (Å²) in [7, 11) is 0. The van der Waals surface area contributed by atoms with Crippen LogP contribution in [0.3, 0.4) is 0 Å². The summed E-state index contributed by atoms with van der Waals surface area (Å²) in [6.45, 7) is 4.44. The zero-order chi connectivity index (χ0) is 29.9. The Bertz CT molecular complexity index is 1440. The molecule has 1 fully saturated rings. The molecule has 0 saturated carbocycles. The normalized spacial score (nSPS) is 13.3. The van der Waals surface area contributed by atoms with E-state index in [2.05, 4.69) is 17.3 Å². The van der Waals surface area contributed by atoms with E-state index < -0.39 is 0 Å². The van der Waals surface area contributed by atoms with Crippen molar-refractivity contribution in [1.82, 2.24) is 20.2 Å². The molecule has 1 amide bonds. The minimum Gasteiger partial charge on any atom is -0.465 e. The van der Waals surface area contributed by atoms with Crippen LogP contribution in [0.15, 0.2) is 42.5 Å². The van der Waals surface area contributed by atoms with Crippen LogP contribution in [0.2, 0.25) is 10.0 Å². The first-order chi connectivity index (χ1) is 20.4. The number of carbonyl (C=O) groups excluding carboxylic acids is 2. The Morgan fingerprint density at radius 1 is 1.05 bits per heavy atom. The number of nitrogens with zero attached hydrogens (tertiary/aromatic N) is 3. The summed E-state index contributed by atoms with van der Waals surface area (Å²) in [6, 6.07) is 12.9. The molecule has 4 rings (SSSR count). The van der Waals surface area contributed by atoms with Crippen molar-refractivity contribution < 1.29 is 14.3 Å². The Balaban J connectivity index is 1.50. The molecule has 10 heteroatoms. The highest BCUT2D eigenvalue weighted by atomic mass is 35.5. The number of unbranched alkanes of at least 4 members (excludes halogenated alkanes) is 2. The Labute approximate surface area is 257 Å². The summed E-state index contributed by atoms with van der Waals surface area (Å²) in [5.41, 5.74) is 12.6. The van der Waals surface area contributed by atoms with E-state index in [4.69, 9.17) is 38.8 Å². The predicted molar refractivity (Wildman–Crippen MR) is 167 cm³/mol. The summed E-state index contributed by atoms with van der Waals surface area (Å²) < 4.78 is 6.95. The fourth-order valence-electron chi connectivity index (χ4n) is 4.83. The highest BCUT2D eigenvalue weighted by molar-refractivity contribution is 6.35. The molecule has 8 nitrogen and oxygen atoms in total. The summed E-state index contributed by atoms with van der Waals surface area (Å²) in [6.07, 6.45) is 6.78. The lowest BCUT2D eigenvalue weighted by Gasteiger charge is -2.26. The van der Waals surface area contributed by atoms with Crippen LogP contribution in [0, 0.1) is 18.8 Å². The number of carbonyl (C=O) groups is 2. The van der Waals surface area contributed by atoms with E-state index in [9.17, 15) is 9.59 Å². The van der Waals surface area contributed by atoms with Gasteiger partial charge in [0.25, 0.3) is 5.91 Å². The second kappa shape index (κ2) is 15.8. The van der Waals surface area contributed by atoms with Crippen molar-refractivity contribution in [2.45, 2.75) is 58.3 Å². The molecule has 3 aromatic rings. The smallest absolute Gasteiger partial charge is 0.305 e. The first-order valence-corrected chi connectivity index (χ1v) is 15.2. The van der Waals surface area contributed by atoms with Crippen molar-refractivity contribution in [3.63, 3.8) is 0 Å². The van der Waals surface area contributed by atoms with Crippen LogP contribution in [0.4, 0.5) is 0 Å². The fraction of sp³-hybridized carbons (Fsp3) is 0.406. The number of rotatable bonds is 11. The number of nitrogens with two attached hydrogens (primary N) is 1. The molecule has 1 aromatic heterocycles. The number of amides is 1. The number of esters is 1. The maximum atomic E-state index is 13.3. The van der Waals surface area contributed by atoms with Crippen LogP contribution in [0.1, 0.15) is 73.0 Å². The number of hydrazine groups is 1. The molecule has 1 saturated heterocycles. The lowest BCUT2D eigenvalue weighted by molar-refractivity contribution is -0.143. The number of ether oxygens (including phenoxy) is 1. The molecule has 1 aliphatic rings. The molecule has 0 radical (unpaired) electrons. The molecule has 222 valence electrons. The van der Waals surface area contributed by atoms with E-state index in [0.717, 1.165) is 67.6 Å². The molecule has 0 aliphatic carbocycles. The number of hydrogen-bond acceptors (Lipinski definition) is 6. The van der Waals surface area contributed by atoms with Crippen LogP contribution in [0.5, 0.6) is 0 Å². The largest absolute Gasteiger partial charge is 0.465 e. The van der Waals surface area contributed by atoms with Gasteiger partial charge in [-0.1, -0.05) is 60.0 Å². The number of hydrogen-bond donors (Lipinski definition) is 2. The minimum absolute atomic E-state index is 0.199. The molecule has 0 unspecified atom stereocenters. The van der Waals surface area contributed by atoms with Crippen molar-refractivity contribution in [2.75, 3.05) is 26.2 Å². The Morgan fingerprint density at radius 2 is 1.81 bits per heavy atom.